The molecule has 0 aliphatic carbocycles. The van der Waals surface area contributed by atoms with Crippen molar-refractivity contribution in [2.24, 2.45) is 20.7 Å². The lowest BCUT2D eigenvalue weighted by atomic mass is 9.93. The zero-order valence-corrected chi connectivity index (χ0v) is 83.3. The molecule has 9 aromatic rings. The molecule has 7 aromatic carbocycles. The maximum atomic E-state index is 14.7. The van der Waals surface area contributed by atoms with E-state index in [0.717, 1.165) is 51.1 Å². The SMILES string of the molecule is CCOc1cc(S(=O)(=O)N2CCCC2)ccc1C1=N[C@@H](c2ccc(Cl)cc2)[C@@H](c2ccc(Cl)cc2)N1C(=O)N1CCN(CC(N)=O)CC1.CCOc1ccsc1C1=N[C@@H](c2ccc(Cl)cc2)[C@@H](c2ccc(Cl)cc2)N1C(=O)N1CCN(CC(=O)N(CCOC)CCOC)CC1.CCOc1nc(C(C)(C)C)ncc1C1=N[C@@H](c2ccc(Cl)cc2)[C@@H](c2ccc(Cl)cc2)N1C(=O)N1CCCC(=O)C1. The number of aromatic nitrogens is 2. The Balaban J connectivity index is 0.000000164. The fourth-order valence-electron chi connectivity index (χ4n) is 17.5. The molecule has 16 rings (SSSR count). The zero-order valence-electron chi connectivity index (χ0n) is 77.1. The number of primary amides is 1. The highest BCUT2D eigenvalue weighted by Gasteiger charge is 2.50. The summed E-state index contributed by atoms with van der Waals surface area (Å²) in [6, 6.07) is 47.7. The van der Waals surface area contributed by atoms with E-state index in [1.165, 1.54) is 21.7 Å². The van der Waals surface area contributed by atoms with Gasteiger partial charge in [-0.2, -0.15) is 9.29 Å². The number of urea groups is 3. The molecule has 0 spiro atoms. The number of rotatable bonds is 27. The van der Waals surface area contributed by atoms with E-state index < -0.39 is 52.2 Å². The summed E-state index contributed by atoms with van der Waals surface area (Å²) in [6.07, 6.45) is 4.40. The first-order valence-corrected chi connectivity index (χ1v) is 50.1. The molecule has 8 amide bonds. The van der Waals surface area contributed by atoms with Crippen LogP contribution in [-0.4, -0.2) is 272 Å². The van der Waals surface area contributed by atoms with E-state index in [1.807, 2.05) is 177 Å². The molecule has 2 N–H and O–H groups in total. The van der Waals surface area contributed by atoms with Gasteiger partial charge in [0.15, 0.2) is 11.6 Å². The number of amidine groups is 3. The van der Waals surface area contributed by atoms with E-state index in [9.17, 15) is 37.2 Å². The summed E-state index contributed by atoms with van der Waals surface area (Å²) in [6.45, 7) is 20.4. The van der Waals surface area contributed by atoms with E-state index in [0.29, 0.717) is 206 Å². The van der Waals surface area contributed by atoms with Gasteiger partial charge in [-0.3, -0.25) is 53.9 Å². The Labute approximate surface area is 828 Å². The summed E-state index contributed by atoms with van der Waals surface area (Å²) in [4.78, 5) is 123. The summed E-state index contributed by atoms with van der Waals surface area (Å²) in [5, 5.41) is 5.50. The van der Waals surface area contributed by atoms with Crippen molar-refractivity contribution in [3.05, 3.63) is 267 Å². The maximum Gasteiger partial charge on any atom is 0.326 e. The Hall–Kier alpha value is -10.4. The molecule has 7 aliphatic rings. The summed E-state index contributed by atoms with van der Waals surface area (Å²) < 4.78 is 57.1. The lowest BCUT2D eigenvalue weighted by Crippen LogP contribution is -2.55. The molecule has 136 heavy (non-hydrogen) atoms. The Morgan fingerprint density at radius 2 is 0.882 bits per heavy atom. The zero-order chi connectivity index (χ0) is 96.6. The van der Waals surface area contributed by atoms with Crippen LogP contribution in [0.2, 0.25) is 30.1 Å². The van der Waals surface area contributed by atoms with Crippen LogP contribution in [-0.2, 0) is 39.3 Å². The number of carbonyl (C=O) groups excluding carboxylic acids is 6. The first-order chi connectivity index (χ1) is 65.5. The number of hydrogen-bond acceptors (Lipinski definition) is 21. The molecule has 4 fully saturated rings. The number of nitrogens with zero attached hydrogens (tertiary/aromatic N) is 15. The third-order valence-electron chi connectivity index (χ3n) is 24.4. The van der Waals surface area contributed by atoms with Gasteiger partial charge in [-0.05, 0) is 170 Å². The fourth-order valence-corrected chi connectivity index (χ4v) is 20.6. The predicted molar refractivity (Wildman–Crippen MR) is 531 cm³/mol. The quantitative estimate of drug-likeness (QED) is 0.0500. The average Bonchev–Trinajstić information content (AvgIpc) is 1.61. The predicted octanol–water partition coefficient (Wildman–Crippen LogP) is 17.6. The number of piperidine rings is 1. The highest BCUT2D eigenvalue weighted by molar-refractivity contribution is 7.89. The number of ketones is 1. The summed E-state index contributed by atoms with van der Waals surface area (Å²) in [5.41, 5.74) is 11.3. The van der Waals surface area contributed by atoms with E-state index in [-0.39, 0.29) is 66.3 Å². The van der Waals surface area contributed by atoms with Crippen LogP contribution < -0.4 is 19.9 Å². The number of carbonyl (C=O) groups is 6. The first-order valence-electron chi connectivity index (χ1n) is 45.5. The number of benzene rings is 7. The number of thiophene rings is 1. The maximum absolute atomic E-state index is 14.7. The van der Waals surface area contributed by atoms with Crippen LogP contribution in [0.1, 0.15) is 159 Å². The van der Waals surface area contributed by atoms with Crippen molar-refractivity contribution in [3.63, 3.8) is 0 Å². The molecule has 0 unspecified atom stereocenters. The van der Waals surface area contributed by atoms with Crippen molar-refractivity contribution in [3.8, 4) is 17.4 Å². The Kier molecular flexibility index (Phi) is 34.6. The van der Waals surface area contributed by atoms with Crippen LogP contribution in [0.25, 0.3) is 0 Å². The number of likely N-dealkylation sites (tertiary alicyclic amines) is 1. The lowest BCUT2D eigenvalue weighted by molar-refractivity contribution is -0.134. The average molecular weight is 2010 g/mol. The minimum absolute atomic E-state index is 0.0163. The third kappa shape index (κ3) is 24.1. The number of aliphatic imine (C=N–C) groups is 3. The number of piperazine rings is 2. The van der Waals surface area contributed by atoms with Crippen molar-refractivity contribution >= 4 is 144 Å². The molecular weight excluding hydrogens is 1900 g/mol. The molecule has 7 aliphatic heterocycles. The van der Waals surface area contributed by atoms with Gasteiger partial charge in [0.25, 0.3) is 0 Å². The van der Waals surface area contributed by atoms with Gasteiger partial charge in [0.2, 0.25) is 27.7 Å². The van der Waals surface area contributed by atoms with Crippen molar-refractivity contribution in [1.82, 2.24) is 58.4 Å². The van der Waals surface area contributed by atoms with Crippen LogP contribution in [0.15, 0.2) is 201 Å². The van der Waals surface area contributed by atoms with Crippen molar-refractivity contribution in [2.75, 3.05) is 152 Å². The van der Waals surface area contributed by atoms with Crippen molar-refractivity contribution in [1.29, 1.82) is 0 Å². The molecule has 720 valence electrons. The fraction of sp³-hybridized carbons (Fsp3) is 0.404. The number of sulfonamides is 1. The Morgan fingerprint density at radius 1 is 0.478 bits per heavy atom. The Morgan fingerprint density at radius 3 is 1.30 bits per heavy atom. The molecule has 0 radical (unpaired) electrons. The van der Waals surface area contributed by atoms with Gasteiger partial charge in [-0.1, -0.05) is 163 Å². The topological polar surface area (TPSA) is 304 Å². The van der Waals surface area contributed by atoms with Crippen LogP contribution in [0, 0.1) is 0 Å². The number of methoxy groups -OCH3 is 2. The summed E-state index contributed by atoms with van der Waals surface area (Å²) >= 11 is 39.1. The van der Waals surface area contributed by atoms with E-state index in [1.54, 1.807) is 93.4 Å². The van der Waals surface area contributed by atoms with E-state index in [4.69, 9.17) is 119 Å². The Bertz CT molecular complexity index is 5900. The molecule has 0 saturated carbocycles. The molecule has 2 aromatic heterocycles. The van der Waals surface area contributed by atoms with Gasteiger partial charge < -0.3 is 49.0 Å². The lowest BCUT2D eigenvalue weighted by Gasteiger charge is -2.39. The standard InChI is InChI=1S/C34H38Cl2N6O5S.C34H41Cl2N5O5S.C31H33Cl2N5O3/c1-2-47-29-21-27(48(45,46)41-15-3-4-16-41)13-14-28(29)33-38-31(23-5-9-25(35)10-6-23)32(24-7-11-26(36)12-8-24)42(33)34(44)40-19-17-39(18-20-40)22-30(37)43;1-4-46-28-13-22-47-32(28)33-37-30(24-5-9-26(35)10-6-24)31(25-7-11-27(36)12-8-25)41(33)34(43)40-16-14-38(15-17-40)23-29(42)39(18-20-44-2)19-21-45-3;1-5-41-28-24(17-34-29(36-28)31(2,3)4)27-35-25(19-8-12-21(32)13-9-19)26(20-10-14-22(33)15-11-20)38(27)30(40)37-16-6-7-23(39)18-37/h5-14,21,31-32H,2-4,15-20,22H2,1H3,(H2,37,43);5-13,22,30-31H,4,14-21,23H2,1-3H3;8-15,17,25-26H,5-7,16,18H2,1-4H3/t31-,32+;30-,31+;25-,26+/m000/s1. The minimum atomic E-state index is -3.73. The molecule has 6 atom stereocenters. The number of Topliss-reactive ketones (excluding diaryl/α,β-unsaturated/α-hetero) is 1. The van der Waals surface area contributed by atoms with Gasteiger partial charge in [0.05, 0.1) is 86.8 Å². The second-order valence-corrected chi connectivity index (χ2v) is 40.0. The van der Waals surface area contributed by atoms with Crippen LogP contribution in [0.4, 0.5) is 14.4 Å². The van der Waals surface area contributed by atoms with Gasteiger partial charge in [-0.25, -0.2) is 27.8 Å². The van der Waals surface area contributed by atoms with Crippen LogP contribution in [0.3, 0.4) is 0 Å². The summed E-state index contributed by atoms with van der Waals surface area (Å²) in [5.74, 6) is 2.91. The highest BCUT2D eigenvalue weighted by atomic mass is 35.5. The molecule has 9 heterocycles. The molecule has 4 saturated heterocycles. The van der Waals surface area contributed by atoms with Gasteiger partial charge in [0, 0.05) is 154 Å². The van der Waals surface area contributed by atoms with Gasteiger partial charge in [-0.15, -0.1) is 11.3 Å². The summed E-state index contributed by atoms with van der Waals surface area (Å²) in [7, 11) is -0.490. The second-order valence-electron chi connectivity index (χ2n) is 34.6. The molecular formula is C99H112Cl6N16O13S2. The monoisotopic (exact) mass is 2010 g/mol. The molecule has 37 heteroatoms. The number of nitrogens with two attached hydrogens (primary N) is 1. The van der Waals surface area contributed by atoms with Crippen molar-refractivity contribution < 1.29 is 60.9 Å². The minimum Gasteiger partial charge on any atom is -0.493 e. The number of hydrogen-bond donors (Lipinski definition) is 1. The van der Waals surface area contributed by atoms with Gasteiger partial charge in [0.1, 0.15) is 52.0 Å². The number of halogens is 6. The number of ether oxygens (including phenoxy) is 5. The smallest absolute Gasteiger partial charge is 0.326 e. The van der Waals surface area contributed by atoms with Gasteiger partial charge >= 0.3 is 18.1 Å². The normalized spacial score (nSPS) is 19.5. The first kappa shape index (κ1) is 102. The van der Waals surface area contributed by atoms with E-state index in [2.05, 4.69) is 9.88 Å². The highest BCUT2D eigenvalue weighted by Crippen LogP contribution is 2.51. The van der Waals surface area contributed by atoms with Crippen LogP contribution >= 0.6 is 80.9 Å². The molecule has 0 bridgehead atoms. The number of amides is 8. The van der Waals surface area contributed by atoms with E-state index >= 15 is 0 Å². The van der Waals surface area contributed by atoms with Crippen molar-refractivity contribution in [2.45, 2.75) is 114 Å². The third-order valence-corrected chi connectivity index (χ3v) is 28.7. The van der Waals surface area contributed by atoms with Crippen LogP contribution in [0.5, 0.6) is 17.4 Å². The largest absolute Gasteiger partial charge is 0.493 e. The second kappa shape index (κ2) is 46.4. The molecule has 29 nitrogen and oxygen atoms in total.